The van der Waals surface area contributed by atoms with Gasteiger partial charge in [-0.1, -0.05) is 54.6 Å². The number of aliphatic hydroxyl groups is 1. The second-order valence-electron chi connectivity index (χ2n) is 9.37. The van der Waals surface area contributed by atoms with Gasteiger partial charge >= 0.3 is 0 Å². The summed E-state index contributed by atoms with van der Waals surface area (Å²) in [4.78, 5) is 14.9. The Morgan fingerprint density at radius 2 is 1.88 bits per heavy atom. The molecule has 1 saturated carbocycles. The van der Waals surface area contributed by atoms with E-state index in [9.17, 15) is 4.79 Å². The van der Waals surface area contributed by atoms with E-state index in [1.165, 1.54) is 36.4 Å². The molecule has 3 nitrogen and oxygen atoms in total. The van der Waals surface area contributed by atoms with Gasteiger partial charge < -0.3 is 5.11 Å². The van der Waals surface area contributed by atoms with Crippen LogP contribution in [0.2, 0.25) is 0 Å². The van der Waals surface area contributed by atoms with Crippen molar-refractivity contribution in [3.63, 3.8) is 0 Å². The van der Waals surface area contributed by atoms with Gasteiger partial charge in [-0.15, -0.1) is 34.9 Å². The first-order chi connectivity index (χ1) is 15.5. The number of carbonyl (C=O) groups excluding carboxylic acids is 1. The maximum atomic E-state index is 10.0. The molecule has 0 aliphatic heterocycles. The quantitative estimate of drug-likeness (QED) is 0.161. The van der Waals surface area contributed by atoms with Crippen molar-refractivity contribution in [1.82, 2.24) is 4.98 Å². The van der Waals surface area contributed by atoms with Crippen LogP contribution in [-0.4, -0.2) is 15.9 Å². The van der Waals surface area contributed by atoms with E-state index in [4.69, 9.17) is 10.1 Å². The van der Waals surface area contributed by atoms with Crippen LogP contribution in [0.5, 0.6) is 0 Å². The first-order valence-electron chi connectivity index (χ1n) is 11.2. The van der Waals surface area contributed by atoms with Crippen molar-refractivity contribution in [2.45, 2.75) is 25.7 Å². The summed E-state index contributed by atoms with van der Waals surface area (Å²) >= 11 is 0. The maximum absolute atomic E-state index is 10.0. The van der Waals surface area contributed by atoms with E-state index < -0.39 is 0 Å². The Hall–Kier alpha value is -2.81. The van der Waals surface area contributed by atoms with Crippen LogP contribution >= 0.6 is 0 Å². The average molecular weight is 611 g/mol. The zero-order chi connectivity index (χ0) is 22.0. The molecule has 5 unspecified atom stereocenters. The molecule has 1 fully saturated rings. The van der Waals surface area contributed by atoms with Crippen LogP contribution in [0.15, 0.2) is 84.7 Å². The van der Waals surface area contributed by atoms with E-state index in [1.807, 2.05) is 0 Å². The van der Waals surface area contributed by atoms with E-state index in [0.29, 0.717) is 11.3 Å². The molecule has 5 atom stereocenters. The molecule has 4 aliphatic carbocycles. The van der Waals surface area contributed by atoms with Crippen LogP contribution in [-0.2, 0) is 24.9 Å². The summed E-state index contributed by atoms with van der Waals surface area (Å²) in [6, 6.07) is 20.8. The number of hydrogen-bond donors (Lipinski definition) is 1. The van der Waals surface area contributed by atoms with Crippen LogP contribution in [0.1, 0.15) is 36.8 Å². The number of fused-ring (bicyclic) bond motifs is 5. The van der Waals surface area contributed by atoms with Crippen molar-refractivity contribution in [3.8, 4) is 11.3 Å². The molecule has 4 heteroatoms. The number of hydrogen-bond acceptors (Lipinski definition) is 3. The summed E-state index contributed by atoms with van der Waals surface area (Å²) in [5.74, 6) is 2.82. The molecular formula is C29H24IrNO2-. The van der Waals surface area contributed by atoms with Gasteiger partial charge in [-0.05, 0) is 54.7 Å². The third-order valence-corrected chi connectivity index (χ3v) is 7.37. The van der Waals surface area contributed by atoms with E-state index >= 15 is 0 Å². The van der Waals surface area contributed by atoms with E-state index in [1.54, 1.807) is 0 Å². The first-order valence-corrected chi connectivity index (χ1v) is 11.2. The fourth-order valence-corrected chi connectivity index (χ4v) is 6.01. The van der Waals surface area contributed by atoms with Crippen LogP contribution in [0.4, 0.5) is 0 Å². The molecule has 167 valence electrons. The fourth-order valence-electron chi connectivity index (χ4n) is 6.01. The van der Waals surface area contributed by atoms with Crippen molar-refractivity contribution >= 4 is 16.7 Å². The molecule has 3 aromatic rings. The minimum atomic E-state index is -0.125. The number of aliphatic hydroxyl groups excluding tert-OH is 1. The Balaban J connectivity index is 0.000000253. The Bertz CT molecular complexity index is 1370. The van der Waals surface area contributed by atoms with E-state index in [0.717, 1.165) is 34.5 Å². The van der Waals surface area contributed by atoms with Gasteiger partial charge in [0.2, 0.25) is 0 Å². The first kappa shape index (κ1) is 22.0. The molecule has 4 aliphatic rings. The Morgan fingerprint density at radius 1 is 1.09 bits per heavy atom. The molecule has 1 N–H and O–H groups in total. The summed E-state index contributed by atoms with van der Waals surface area (Å²) in [7, 11) is 0. The molecule has 7 rings (SSSR count). The molecule has 1 spiro atoms. The second kappa shape index (κ2) is 7.90. The van der Waals surface area contributed by atoms with Crippen molar-refractivity contribution in [3.05, 3.63) is 102 Å². The topological polar surface area (TPSA) is 50.2 Å². The van der Waals surface area contributed by atoms with Crippen molar-refractivity contribution in [2.75, 3.05) is 0 Å². The summed E-state index contributed by atoms with van der Waals surface area (Å²) in [5, 5.41) is 9.55. The van der Waals surface area contributed by atoms with Gasteiger partial charge in [0.1, 0.15) is 0 Å². The second-order valence-corrected chi connectivity index (χ2v) is 9.37. The van der Waals surface area contributed by atoms with Crippen molar-refractivity contribution < 1.29 is 30.0 Å². The molecule has 0 bridgehead atoms. The Kier molecular flexibility index (Phi) is 5.27. The predicted octanol–water partition coefficient (Wildman–Crippen LogP) is 6.29. The number of rotatable bonds is 2. The minimum absolute atomic E-state index is 0. The van der Waals surface area contributed by atoms with Gasteiger partial charge in [-0.2, -0.15) is 0 Å². The zero-order valence-electron chi connectivity index (χ0n) is 18.5. The number of para-hydroxylation sites is 1. The fraction of sp³-hybridized carbons (Fsp3) is 0.241. The smallest absolute Gasteiger partial charge is 0.155 e. The van der Waals surface area contributed by atoms with E-state index in [-0.39, 0.29) is 31.6 Å². The van der Waals surface area contributed by atoms with Crippen molar-refractivity contribution in [1.29, 1.82) is 0 Å². The summed E-state index contributed by atoms with van der Waals surface area (Å²) in [6.45, 7) is 2.85. The van der Waals surface area contributed by atoms with Crippen LogP contribution in [0.25, 0.3) is 22.2 Å². The van der Waals surface area contributed by atoms with Gasteiger partial charge in [-0.3, -0.25) is 9.78 Å². The molecule has 2 aromatic carbocycles. The van der Waals surface area contributed by atoms with E-state index in [2.05, 4.69) is 78.9 Å². The van der Waals surface area contributed by atoms with Gasteiger partial charge in [0, 0.05) is 31.6 Å². The molecule has 0 saturated heterocycles. The SMILES string of the molecule is CC(=O)C=C(C)O.[Ir].[c-]1cc2c(cc1-c1ccc3ccccc3n1)C1C=CC13C=CC1C2C13. The number of ketones is 1. The third-order valence-electron chi connectivity index (χ3n) is 7.37. The van der Waals surface area contributed by atoms with Crippen LogP contribution < -0.4 is 0 Å². The van der Waals surface area contributed by atoms with Crippen LogP contribution in [0, 0.1) is 23.3 Å². The number of benzene rings is 2. The Morgan fingerprint density at radius 3 is 2.58 bits per heavy atom. The summed E-state index contributed by atoms with van der Waals surface area (Å²) in [5.41, 5.74) is 6.58. The number of nitrogens with zero attached hydrogens (tertiary/aromatic N) is 1. The number of aromatic nitrogens is 1. The third kappa shape index (κ3) is 3.36. The minimum Gasteiger partial charge on any atom is -0.512 e. The normalized spacial score (nSPS) is 29.0. The van der Waals surface area contributed by atoms with Crippen molar-refractivity contribution in [2.24, 2.45) is 17.3 Å². The molecule has 33 heavy (non-hydrogen) atoms. The number of carbonyl (C=O) groups is 1. The predicted molar refractivity (Wildman–Crippen MR) is 126 cm³/mol. The molecule has 1 heterocycles. The molecule has 0 amide bonds. The monoisotopic (exact) mass is 611 g/mol. The van der Waals surface area contributed by atoms with Gasteiger partial charge in [0.05, 0.1) is 11.3 Å². The summed E-state index contributed by atoms with van der Waals surface area (Å²) < 4.78 is 0. The average Bonchev–Trinajstić information content (AvgIpc) is 3.32. The number of pyridine rings is 1. The zero-order valence-corrected chi connectivity index (χ0v) is 20.8. The van der Waals surface area contributed by atoms with Gasteiger partial charge in [0.25, 0.3) is 0 Å². The largest absolute Gasteiger partial charge is 0.512 e. The molecular weight excluding hydrogens is 587 g/mol. The Labute approximate surface area is 207 Å². The maximum Gasteiger partial charge on any atom is 0.155 e. The standard InChI is InChI=1S/C24H16N.C5H8O2.Ir/c1-2-4-20-14(3-1)6-8-21(25-20)15-5-7-16-18(13-15)19-10-12-24(19)11-9-17-22(16)23(17)24;1-4(6)3-5(2)7;/h1-4,6-13,17,19,22-23H;3,6H,1-2H3;/q-1;;. The number of allylic oxidation sites excluding steroid dienone is 6. The van der Waals surface area contributed by atoms with Gasteiger partial charge in [-0.25, -0.2) is 0 Å². The van der Waals surface area contributed by atoms with Crippen LogP contribution in [0.3, 0.4) is 0 Å². The summed E-state index contributed by atoms with van der Waals surface area (Å²) in [6.07, 6.45) is 11.0. The molecule has 1 radical (unpaired) electrons. The van der Waals surface area contributed by atoms with Gasteiger partial charge in [0.15, 0.2) is 5.78 Å². The molecule has 1 aromatic heterocycles.